The van der Waals surface area contributed by atoms with Gasteiger partial charge in [-0.25, -0.2) is 14.6 Å². The molecule has 1 aliphatic rings. The quantitative estimate of drug-likeness (QED) is 0.176. The molecule has 9 heteroatoms. The molecular formula is C24H13Br2Cl2NO4. The number of ether oxygens (including phenoxy) is 2. The van der Waals surface area contributed by atoms with Crippen LogP contribution in [0.15, 0.2) is 74.2 Å². The molecule has 3 aromatic carbocycles. The van der Waals surface area contributed by atoms with Gasteiger partial charge in [-0.15, -0.1) is 0 Å². The van der Waals surface area contributed by atoms with E-state index in [1.807, 2.05) is 31.2 Å². The fourth-order valence-electron chi connectivity index (χ4n) is 2.97. The van der Waals surface area contributed by atoms with Gasteiger partial charge >= 0.3 is 11.9 Å². The van der Waals surface area contributed by atoms with Crippen LogP contribution in [0.25, 0.3) is 6.08 Å². The van der Waals surface area contributed by atoms with E-state index in [0.717, 1.165) is 5.56 Å². The normalized spacial score (nSPS) is 14.3. The molecule has 0 unspecified atom stereocenters. The molecule has 0 aromatic heterocycles. The third kappa shape index (κ3) is 5.38. The van der Waals surface area contributed by atoms with Gasteiger partial charge < -0.3 is 9.47 Å². The lowest BCUT2D eigenvalue weighted by atomic mass is 10.1. The zero-order chi connectivity index (χ0) is 23.7. The monoisotopic (exact) mass is 607 g/mol. The number of carbonyl (C=O) groups is 2. The number of nitrogens with zero attached hydrogens (tertiary/aromatic N) is 1. The summed E-state index contributed by atoms with van der Waals surface area (Å²) in [6.07, 6.45) is 1.49. The second-order valence-corrected chi connectivity index (χ2v) is 9.64. The number of aryl methyl sites for hydroxylation is 1. The fourth-order valence-corrected chi connectivity index (χ4v) is 4.80. The molecular weight excluding hydrogens is 597 g/mol. The first-order valence-corrected chi connectivity index (χ1v) is 11.8. The molecule has 4 rings (SSSR count). The molecule has 5 nitrogen and oxygen atoms in total. The fraction of sp³-hybridized carbons (Fsp3) is 0.0417. The molecule has 0 radical (unpaired) electrons. The zero-order valence-corrected chi connectivity index (χ0v) is 21.5. The molecule has 1 heterocycles. The first kappa shape index (κ1) is 23.7. The highest BCUT2D eigenvalue weighted by molar-refractivity contribution is 9.11. The molecule has 0 bridgehead atoms. The van der Waals surface area contributed by atoms with E-state index in [-0.39, 0.29) is 27.9 Å². The summed E-state index contributed by atoms with van der Waals surface area (Å²) >= 11 is 18.9. The number of carbonyl (C=O) groups excluding carboxylic acids is 2. The molecule has 0 aliphatic carbocycles. The van der Waals surface area contributed by atoms with Gasteiger partial charge in [0.25, 0.3) is 0 Å². The van der Waals surface area contributed by atoms with Crippen LogP contribution in [-0.2, 0) is 9.53 Å². The topological polar surface area (TPSA) is 65.0 Å². The number of halogens is 4. The molecule has 166 valence electrons. The Morgan fingerprint density at radius 2 is 1.79 bits per heavy atom. The van der Waals surface area contributed by atoms with E-state index in [9.17, 15) is 9.59 Å². The summed E-state index contributed by atoms with van der Waals surface area (Å²) in [6.45, 7) is 1.96. The van der Waals surface area contributed by atoms with Crippen molar-refractivity contribution in [2.75, 3.05) is 0 Å². The molecule has 0 N–H and O–H groups in total. The molecule has 0 saturated carbocycles. The van der Waals surface area contributed by atoms with Gasteiger partial charge in [-0.2, -0.15) is 0 Å². The summed E-state index contributed by atoms with van der Waals surface area (Å²) in [5.74, 6) is -0.905. The van der Waals surface area contributed by atoms with Crippen molar-refractivity contribution < 1.29 is 19.1 Å². The first-order chi connectivity index (χ1) is 15.7. The molecule has 0 atom stereocenters. The van der Waals surface area contributed by atoms with E-state index in [0.29, 0.717) is 25.1 Å². The Hall–Kier alpha value is -2.45. The smallest absolute Gasteiger partial charge is 0.363 e. The SMILES string of the molecule is Cc1ccc(C2=N/C(=C\c3cc(Br)cc(Br)c3OC(=O)c3ccc(Cl)cc3Cl)C(=O)O2)cc1. The van der Waals surface area contributed by atoms with Crippen molar-refractivity contribution in [1.82, 2.24) is 0 Å². The average molecular weight is 610 g/mol. The van der Waals surface area contributed by atoms with Gasteiger partial charge in [0.15, 0.2) is 11.4 Å². The zero-order valence-electron chi connectivity index (χ0n) is 16.9. The third-order valence-corrected chi connectivity index (χ3v) is 6.19. The van der Waals surface area contributed by atoms with E-state index in [4.69, 9.17) is 32.7 Å². The molecule has 33 heavy (non-hydrogen) atoms. The van der Waals surface area contributed by atoms with Crippen LogP contribution >= 0.6 is 55.1 Å². The Balaban J connectivity index is 1.71. The summed E-state index contributed by atoms with van der Waals surface area (Å²) in [7, 11) is 0. The van der Waals surface area contributed by atoms with Gasteiger partial charge in [0.1, 0.15) is 0 Å². The molecule has 0 spiro atoms. The summed E-state index contributed by atoms with van der Waals surface area (Å²) in [4.78, 5) is 29.6. The van der Waals surface area contributed by atoms with Gasteiger partial charge in [-0.3, -0.25) is 0 Å². The largest absolute Gasteiger partial charge is 0.421 e. The van der Waals surface area contributed by atoms with Gasteiger partial charge in [-0.1, -0.05) is 56.8 Å². The van der Waals surface area contributed by atoms with Gasteiger partial charge in [0, 0.05) is 20.6 Å². The van der Waals surface area contributed by atoms with Crippen molar-refractivity contribution in [1.29, 1.82) is 0 Å². The summed E-state index contributed by atoms with van der Waals surface area (Å²) in [6, 6.07) is 15.3. The predicted molar refractivity (Wildman–Crippen MR) is 135 cm³/mol. The van der Waals surface area contributed by atoms with Gasteiger partial charge in [0.2, 0.25) is 5.90 Å². The number of cyclic esters (lactones) is 1. The van der Waals surface area contributed by atoms with Crippen LogP contribution < -0.4 is 4.74 Å². The maximum Gasteiger partial charge on any atom is 0.363 e. The Kier molecular flexibility index (Phi) is 7.05. The van der Waals surface area contributed by atoms with Crippen LogP contribution in [0.3, 0.4) is 0 Å². The van der Waals surface area contributed by atoms with Crippen LogP contribution in [0, 0.1) is 6.92 Å². The standard InChI is InChI=1S/C24H13Br2Cl2NO4/c1-12-2-4-13(5-3-12)22-29-20(24(31)33-22)9-14-8-15(25)10-18(26)21(14)32-23(30)17-7-6-16(27)11-19(17)28/h2-11H,1H3/b20-9-. The van der Waals surface area contributed by atoms with E-state index in [1.165, 1.54) is 18.2 Å². The predicted octanol–water partition coefficient (Wildman–Crippen LogP) is 7.39. The first-order valence-electron chi connectivity index (χ1n) is 9.47. The van der Waals surface area contributed by atoms with E-state index >= 15 is 0 Å². The van der Waals surface area contributed by atoms with Crippen molar-refractivity contribution >= 4 is 79.0 Å². The highest BCUT2D eigenvalue weighted by atomic mass is 79.9. The van der Waals surface area contributed by atoms with Crippen LogP contribution in [0.4, 0.5) is 0 Å². The Bertz CT molecular complexity index is 1350. The highest BCUT2D eigenvalue weighted by Gasteiger charge is 2.25. The Morgan fingerprint density at radius 1 is 1.06 bits per heavy atom. The number of aliphatic imine (C=N–C) groups is 1. The Labute approximate surface area is 216 Å². The second kappa shape index (κ2) is 9.81. The van der Waals surface area contributed by atoms with E-state index < -0.39 is 11.9 Å². The van der Waals surface area contributed by atoms with Crippen LogP contribution in [-0.4, -0.2) is 17.8 Å². The van der Waals surface area contributed by atoms with E-state index in [1.54, 1.807) is 18.2 Å². The Morgan fingerprint density at radius 3 is 2.48 bits per heavy atom. The summed E-state index contributed by atoms with van der Waals surface area (Å²) < 4.78 is 12.1. The van der Waals surface area contributed by atoms with Crippen molar-refractivity contribution in [3.8, 4) is 5.75 Å². The molecule has 0 fully saturated rings. The second-order valence-electron chi connectivity index (χ2n) is 7.02. The number of hydrogen-bond acceptors (Lipinski definition) is 5. The van der Waals surface area contributed by atoms with Crippen molar-refractivity contribution in [3.63, 3.8) is 0 Å². The maximum atomic E-state index is 12.8. The third-order valence-electron chi connectivity index (χ3n) is 4.59. The molecule has 1 aliphatic heterocycles. The van der Waals surface area contributed by atoms with Crippen LogP contribution in [0.5, 0.6) is 5.75 Å². The lowest BCUT2D eigenvalue weighted by molar-refractivity contribution is -0.129. The lowest BCUT2D eigenvalue weighted by Crippen LogP contribution is -2.10. The molecule has 0 saturated heterocycles. The number of rotatable bonds is 4. The van der Waals surface area contributed by atoms with Gasteiger partial charge in [0.05, 0.1) is 15.1 Å². The maximum absolute atomic E-state index is 12.8. The van der Waals surface area contributed by atoms with Gasteiger partial charge in [-0.05, 0) is 71.4 Å². The minimum absolute atomic E-state index is 0.0670. The van der Waals surface area contributed by atoms with Crippen LogP contribution in [0.2, 0.25) is 10.0 Å². The number of esters is 2. The van der Waals surface area contributed by atoms with E-state index in [2.05, 4.69) is 36.9 Å². The van der Waals surface area contributed by atoms with Crippen molar-refractivity contribution in [2.24, 2.45) is 4.99 Å². The average Bonchev–Trinajstić information content (AvgIpc) is 3.11. The summed E-state index contributed by atoms with van der Waals surface area (Å²) in [5.41, 5.74) is 2.39. The molecule has 3 aromatic rings. The minimum Gasteiger partial charge on any atom is -0.421 e. The van der Waals surface area contributed by atoms with Crippen molar-refractivity contribution in [2.45, 2.75) is 6.92 Å². The lowest BCUT2D eigenvalue weighted by Gasteiger charge is -2.12. The van der Waals surface area contributed by atoms with Crippen molar-refractivity contribution in [3.05, 3.63) is 102 Å². The summed E-state index contributed by atoms with van der Waals surface area (Å²) in [5, 5.41) is 0.557. The number of hydrogen-bond donors (Lipinski definition) is 0. The minimum atomic E-state index is -0.683. The molecule has 0 amide bonds. The highest BCUT2D eigenvalue weighted by Crippen LogP contribution is 2.36. The van der Waals surface area contributed by atoms with Crippen LogP contribution in [0.1, 0.15) is 27.0 Å². The number of benzene rings is 3.